The lowest BCUT2D eigenvalue weighted by Crippen LogP contribution is -2.14. The molecule has 2 N–H and O–H groups in total. The van der Waals surface area contributed by atoms with Gasteiger partial charge in [0.25, 0.3) is 0 Å². The van der Waals surface area contributed by atoms with Crippen LogP contribution in [-0.2, 0) is 6.42 Å². The molecule has 0 amide bonds. The number of nitrogens with two attached hydrogens (primary N) is 1. The van der Waals surface area contributed by atoms with Gasteiger partial charge in [0.2, 0.25) is 0 Å². The van der Waals surface area contributed by atoms with E-state index >= 15 is 0 Å². The summed E-state index contributed by atoms with van der Waals surface area (Å²) < 4.78 is 1.21. The van der Waals surface area contributed by atoms with Crippen molar-refractivity contribution >= 4 is 34.2 Å². The van der Waals surface area contributed by atoms with Crippen molar-refractivity contribution in [1.82, 2.24) is 0 Å². The molecule has 0 aliphatic rings. The maximum atomic E-state index is 6.23. The molecule has 0 fully saturated rings. The van der Waals surface area contributed by atoms with Crippen molar-refractivity contribution in [1.29, 1.82) is 0 Å². The summed E-state index contributed by atoms with van der Waals surface area (Å²) >= 11 is 8.18. The molecule has 1 unspecified atom stereocenters. The Morgan fingerprint density at radius 2 is 1.71 bits per heavy atom. The summed E-state index contributed by atoms with van der Waals surface area (Å²) in [7, 11) is 0. The van der Waals surface area contributed by atoms with Gasteiger partial charge in [0.1, 0.15) is 0 Å². The minimum atomic E-state index is 0.0317. The standard InChI is InChI=1S/C14H13ClIN/c15-11-7-5-10(6-8-11)9-14(17)12-3-1-2-4-13(12)16/h1-8,14H,9,17H2. The Balaban J connectivity index is 2.14. The van der Waals surface area contributed by atoms with Gasteiger partial charge in [-0.3, -0.25) is 0 Å². The zero-order valence-corrected chi connectivity index (χ0v) is 12.1. The van der Waals surface area contributed by atoms with Crippen molar-refractivity contribution in [3.63, 3.8) is 0 Å². The summed E-state index contributed by atoms with van der Waals surface area (Å²) in [6.45, 7) is 0. The van der Waals surface area contributed by atoms with Crippen LogP contribution in [0, 0.1) is 3.57 Å². The summed E-state index contributed by atoms with van der Waals surface area (Å²) in [6.07, 6.45) is 0.831. The predicted octanol–water partition coefficient (Wildman–Crippen LogP) is 4.19. The van der Waals surface area contributed by atoms with Gasteiger partial charge in [-0.2, -0.15) is 0 Å². The Morgan fingerprint density at radius 3 is 2.35 bits per heavy atom. The van der Waals surface area contributed by atoms with E-state index in [0.29, 0.717) is 0 Å². The van der Waals surface area contributed by atoms with Crippen molar-refractivity contribution in [3.8, 4) is 0 Å². The first-order valence-electron chi connectivity index (χ1n) is 5.41. The lowest BCUT2D eigenvalue weighted by atomic mass is 10.00. The fourth-order valence-corrected chi connectivity index (χ4v) is 2.67. The molecule has 0 bridgehead atoms. The Bertz CT molecular complexity index is 496. The molecule has 17 heavy (non-hydrogen) atoms. The van der Waals surface area contributed by atoms with E-state index in [9.17, 15) is 0 Å². The third-order valence-corrected chi connectivity index (χ3v) is 3.91. The van der Waals surface area contributed by atoms with Crippen molar-refractivity contribution in [2.75, 3.05) is 0 Å². The highest BCUT2D eigenvalue weighted by Crippen LogP contribution is 2.22. The molecule has 0 aliphatic carbocycles. The molecular formula is C14H13ClIN. The predicted molar refractivity (Wildman–Crippen MR) is 81.2 cm³/mol. The summed E-state index contributed by atoms with van der Waals surface area (Å²) in [5.41, 5.74) is 8.64. The van der Waals surface area contributed by atoms with Gasteiger partial charge in [-0.15, -0.1) is 0 Å². The maximum absolute atomic E-state index is 6.23. The van der Waals surface area contributed by atoms with Gasteiger partial charge in [-0.05, 0) is 58.3 Å². The molecule has 2 rings (SSSR count). The van der Waals surface area contributed by atoms with E-state index in [1.165, 1.54) is 14.7 Å². The molecule has 1 nitrogen and oxygen atoms in total. The van der Waals surface area contributed by atoms with Crippen LogP contribution < -0.4 is 5.73 Å². The Hall–Kier alpha value is -0.580. The van der Waals surface area contributed by atoms with Gasteiger partial charge in [-0.1, -0.05) is 41.9 Å². The molecule has 88 valence electrons. The van der Waals surface area contributed by atoms with Crippen molar-refractivity contribution in [3.05, 3.63) is 68.3 Å². The lowest BCUT2D eigenvalue weighted by Gasteiger charge is -2.14. The Morgan fingerprint density at radius 1 is 1.06 bits per heavy atom. The molecule has 2 aromatic rings. The summed E-state index contributed by atoms with van der Waals surface area (Å²) in [5.74, 6) is 0. The Labute approximate surface area is 120 Å². The monoisotopic (exact) mass is 357 g/mol. The van der Waals surface area contributed by atoms with Gasteiger partial charge in [-0.25, -0.2) is 0 Å². The first-order chi connectivity index (χ1) is 8.16. The van der Waals surface area contributed by atoms with E-state index in [2.05, 4.69) is 34.7 Å². The molecule has 0 saturated carbocycles. The van der Waals surface area contributed by atoms with E-state index in [4.69, 9.17) is 17.3 Å². The van der Waals surface area contributed by atoms with E-state index in [-0.39, 0.29) is 6.04 Å². The van der Waals surface area contributed by atoms with Gasteiger partial charge < -0.3 is 5.73 Å². The van der Waals surface area contributed by atoms with E-state index < -0.39 is 0 Å². The van der Waals surface area contributed by atoms with Crippen LogP contribution in [-0.4, -0.2) is 0 Å². The number of hydrogen-bond acceptors (Lipinski definition) is 1. The summed E-state index contributed by atoms with van der Waals surface area (Å²) in [4.78, 5) is 0. The quantitative estimate of drug-likeness (QED) is 0.819. The number of benzene rings is 2. The number of rotatable bonds is 3. The number of halogens is 2. The first kappa shape index (κ1) is 12.9. The van der Waals surface area contributed by atoms with Gasteiger partial charge in [0.15, 0.2) is 0 Å². The summed E-state index contributed by atoms with van der Waals surface area (Å²) in [6, 6.07) is 16.1. The molecule has 1 atom stereocenters. The van der Waals surface area contributed by atoms with Gasteiger partial charge in [0, 0.05) is 14.6 Å². The van der Waals surface area contributed by atoms with E-state index in [1.54, 1.807) is 0 Å². The van der Waals surface area contributed by atoms with Crippen LogP contribution in [0.2, 0.25) is 5.02 Å². The lowest BCUT2D eigenvalue weighted by molar-refractivity contribution is 0.718. The van der Waals surface area contributed by atoms with E-state index in [1.807, 2.05) is 36.4 Å². The molecule has 0 saturated heterocycles. The third kappa shape index (κ3) is 3.44. The minimum absolute atomic E-state index is 0.0317. The second-order valence-electron chi connectivity index (χ2n) is 3.96. The number of hydrogen-bond donors (Lipinski definition) is 1. The normalized spacial score (nSPS) is 12.4. The van der Waals surface area contributed by atoms with Crippen LogP contribution in [0.5, 0.6) is 0 Å². The van der Waals surface area contributed by atoms with Crippen LogP contribution in [0.3, 0.4) is 0 Å². The molecule has 0 radical (unpaired) electrons. The highest BCUT2D eigenvalue weighted by atomic mass is 127. The molecule has 0 spiro atoms. The van der Waals surface area contributed by atoms with Crippen LogP contribution in [0.1, 0.15) is 17.2 Å². The van der Waals surface area contributed by atoms with Crippen molar-refractivity contribution in [2.24, 2.45) is 5.73 Å². The maximum Gasteiger partial charge on any atom is 0.0406 e. The molecule has 0 heterocycles. The van der Waals surface area contributed by atoms with Crippen LogP contribution in [0.15, 0.2) is 48.5 Å². The van der Waals surface area contributed by atoms with Crippen LogP contribution in [0.25, 0.3) is 0 Å². The van der Waals surface area contributed by atoms with Gasteiger partial charge >= 0.3 is 0 Å². The SMILES string of the molecule is NC(Cc1ccc(Cl)cc1)c1ccccc1I. The molecule has 2 aromatic carbocycles. The molecular weight excluding hydrogens is 345 g/mol. The molecule has 3 heteroatoms. The first-order valence-corrected chi connectivity index (χ1v) is 6.87. The molecule has 0 aliphatic heterocycles. The zero-order valence-electron chi connectivity index (χ0n) is 9.24. The molecule has 0 aromatic heterocycles. The summed E-state index contributed by atoms with van der Waals surface area (Å²) in [5, 5.41) is 0.761. The minimum Gasteiger partial charge on any atom is -0.324 e. The smallest absolute Gasteiger partial charge is 0.0406 e. The second kappa shape index (κ2) is 5.85. The van der Waals surface area contributed by atoms with E-state index in [0.717, 1.165) is 11.4 Å². The largest absolute Gasteiger partial charge is 0.324 e. The zero-order chi connectivity index (χ0) is 12.3. The van der Waals surface area contributed by atoms with Gasteiger partial charge in [0.05, 0.1) is 0 Å². The fraction of sp³-hybridized carbons (Fsp3) is 0.143. The van der Waals surface area contributed by atoms with Crippen molar-refractivity contribution in [2.45, 2.75) is 12.5 Å². The highest BCUT2D eigenvalue weighted by Gasteiger charge is 2.09. The third-order valence-electron chi connectivity index (χ3n) is 2.67. The topological polar surface area (TPSA) is 26.0 Å². The fourth-order valence-electron chi connectivity index (χ4n) is 1.76. The van der Waals surface area contributed by atoms with Crippen molar-refractivity contribution < 1.29 is 0 Å². The average Bonchev–Trinajstić information content (AvgIpc) is 2.32. The van der Waals surface area contributed by atoms with Crippen LogP contribution >= 0.6 is 34.2 Å². The Kier molecular flexibility index (Phi) is 4.42. The highest BCUT2D eigenvalue weighted by molar-refractivity contribution is 14.1. The van der Waals surface area contributed by atoms with Crippen LogP contribution in [0.4, 0.5) is 0 Å². The average molecular weight is 358 g/mol. The second-order valence-corrected chi connectivity index (χ2v) is 5.56.